The van der Waals surface area contributed by atoms with Gasteiger partial charge >= 0.3 is 0 Å². The van der Waals surface area contributed by atoms with Crippen LogP contribution in [0.1, 0.15) is 25.7 Å². The number of hydrogen-bond donors (Lipinski definition) is 2. The number of nitrogens with one attached hydrogen (secondary N) is 2. The van der Waals surface area contributed by atoms with Gasteiger partial charge in [0.25, 0.3) is 0 Å². The second-order valence-corrected chi connectivity index (χ2v) is 5.72. The maximum Gasteiger partial charge on any atom is 0.226 e. The highest BCUT2D eigenvalue weighted by Gasteiger charge is 2.43. The van der Waals surface area contributed by atoms with E-state index >= 15 is 0 Å². The number of piperazine rings is 1. The van der Waals surface area contributed by atoms with Crippen molar-refractivity contribution >= 4 is 5.91 Å². The predicted molar refractivity (Wildman–Crippen MR) is 75.1 cm³/mol. The van der Waals surface area contributed by atoms with Gasteiger partial charge in [-0.15, -0.1) is 0 Å². The van der Waals surface area contributed by atoms with Gasteiger partial charge in [-0.1, -0.05) is 6.42 Å². The molecule has 2 aliphatic rings. The lowest BCUT2D eigenvalue weighted by Gasteiger charge is -2.40. The highest BCUT2D eigenvalue weighted by molar-refractivity contribution is 5.83. The largest absolute Gasteiger partial charge is 0.385 e. The topological polar surface area (TPSA) is 53.6 Å². The van der Waals surface area contributed by atoms with Crippen molar-refractivity contribution in [3.05, 3.63) is 0 Å². The summed E-state index contributed by atoms with van der Waals surface area (Å²) in [6, 6.07) is 0. The van der Waals surface area contributed by atoms with Crippen molar-refractivity contribution in [2.75, 3.05) is 53.0 Å². The molecule has 1 aliphatic carbocycles. The predicted octanol–water partition coefficient (Wildman–Crippen LogP) is 0.215. The molecule has 0 bridgehead atoms. The first-order valence-corrected chi connectivity index (χ1v) is 7.47. The zero-order valence-corrected chi connectivity index (χ0v) is 12.0. The summed E-state index contributed by atoms with van der Waals surface area (Å²) in [6.45, 7) is 6.72. The Balaban J connectivity index is 1.67. The first kappa shape index (κ1) is 14.8. The Morgan fingerprint density at radius 2 is 2.11 bits per heavy atom. The fourth-order valence-corrected chi connectivity index (χ4v) is 2.94. The Kier molecular flexibility index (Phi) is 5.60. The number of ether oxygens (including phenoxy) is 1. The van der Waals surface area contributed by atoms with Crippen LogP contribution >= 0.6 is 0 Å². The minimum absolute atomic E-state index is 0.126. The van der Waals surface area contributed by atoms with E-state index in [0.717, 1.165) is 58.5 Å². The van der Waals surface area contributed by atoms with Gasteiger partial charge in [-0.05, 0) is 19.3 Å². The van der Waals surface area contributed by atoms with E-state index in [1.165, 1.54) is 6.42 Å². The van der Waals surface area contributed by atoms with Crippen LogP contribution < -0.4 is 10.6 Å². The Morgan fingerprint density at radius 3 is 2.68 bits per heavy atom. The lowest BCUT2D eigenvalue weighted by atomic mass is 9.66. The Hall–Kier alpha value is -0.650. The summed E-state index contributed by atoms with van der Waals surface area (Å²) in [7, 11) is 1.70. The Labute approximate surface area is 116 Å². The molecule has 0 aromatic carbocycles. The first-order valence-electron chi connectivity index (χ1n) is 7.47. The standard InChI is InChI=1S/C14H27N3O2/c1-19-12-5-14(3-2-4-14)13(18)16-8-11-17-9-6-15-7-10-17/h15H,2-12H2,1H3,(H,16,18). The molecule has 5 nitrogen and oxygen atoms in total. The highest BCUT2D eigenvalue weighted by atomic mass is 16.5. The van der Waals surface area contributed by atoms with Crippen LogP contribution in [-0.4, -0.2) is 63.8 Å². The van der Waals surface area contributed by atoms with Crippen LogP contribution in [-0.2, 0) is 9.53 Å². The molecule has 1 amide bonds. The summed E-state index contributed by atoms with van der Waals surface area (Å²) in [6.07, 6.45) is 4.09. The second kappa shape index (κ2) is 7.22. The van der Waals surface area contributed by atoms with E-state index in [0.29, 0.717) is 6.61 Å². The number of nitrogens with zero attached hydrogens (tertiary/aromatic N) is 1. The smallest absolute Gasteiger partial charge is 0.226 e. The SMILES string of the molecule is COCCC1(C(=O)NCCN2CCNCC2)CCC1. The zero-order chi connectivity index (χ0) is 13.6. The number of carbonyl (C=O) groups is 1. The fraction of sp³-hybridized carbons (Fsp3) is 0.929. The third-order valence-corrected chi connectivity index (χ3v) is 4.50. The van der Waals surface area contributed by atoms with E-state index in [4.69, 9.17) is 4.74 Å². The second-order valence-electron chi connectivity index (χ2n) is 5.72. The van der Waals surface area contributed by atoms with Crippen LogP contribution in [0, 0.1) is 5.41 Å². The first-order chi connectivity index (χ1) is 9.27. The van der Waals surface area contributed by atoms with Crippen LogP contribution in [0.5, 0.6) is 0 Å². The molecule has 1 saturated carbocycles. The molecule has 0 atom stereocenters. The minimum Gasteiger partial charge on any atom is -0.385 e. The maximum atomic E-state index is 12.3. The molecule has 19 heavy (non-hydrogen) atoms. The van der Waals surface area contributed by atoms with Gasteiger partial charge in [0.15, 0.2) is 0 Å². The van der Waals surface area contributed by atoms with Gasteiger partial charge in [-0.3, -0.25) is 9.69 Å². The summed E-state index contributed by atoms with van der Waals surface area (Å²) in [5.74, 6) is 0.242. The molecular weight excluding hydrogens is 242 g/mol. The molecule has 2 N–H and O–H groups in total. The number of rotatable bonds is 7. The van der Waals surface area contributed by atoms with E-state index in [1.807, 2.05) is 0 Å². The van der Waals surface area contributed by atoms with Crippen molar-refractivity contribution in [2.45, 2.75) is 25.7 Å². The molecule has 2 rings (SSSR count). The van der Waals surface area contributed by atoms with Crippen molar-refractivity contribution in [3.63, 3.8) is 0 Å². The van der Waals surface area contributed by atoms with Gasteiger partial charge < -0.3 is 15.4 Å². The third-order valence-electron chi connectivity index (χ3n) is 4.50. The molecule has 0 aromatic heterocycles. The number of methoxy groups -OCH3 is 1. The molecule has 0 radical (unpaired) electrons. The van der Waals surface area contributed by atoms with E-state index < -0.39 is 0 Å². The van der Waals surface area contributed by atoms with Crippen molar-refractivity contribution < 1.29 is 9.53 Å². The van der Waals surface area contributed by atoms with E-state index in [1.54, 1.807) is 7.11 Å². The Morgan fingerprint density at radius 1 is 1.37 bits per heavy atom. The molecule has 5 heteroatoms. The van der Waals surface area contributed by atoms with Crippen LogP contribution in [0.25, 0.3) is 0 Å². The monoisotopic (exact) mass is 269 g/mol. The van der Waals surface area contributed by atoms with Crippen LogP contribution in [0.3, 0.4) is 0 Å². The lowest BCUT2D eigenvalue weighted by molar-refractivity contribution is -0.137. The average molecular weight is 269 g/mol. The van der Waals surface area contributed by atoms with Crippen molar-refractivity contribution in [1.29, 1.82) is 0 Å². The van der Waals surface area contributed by atoms with Crippen LogP contribution in [0.4, 0.5) is 0 Å². The van der Waals surface area contributed by atoms with Crippen molar-refractivity contribution in [2.24, 2.45) is 5.41 Å². The van der Waals surface area contributed by atoms with Crippen LogP contribution in [0.2, 0.25) is 0 Å². The van der Waals surface area contributed by atoms with E-state index in [2.05, 4.69) is 15.5 Å². The van der Waals surface area contributed by atoms with Gasteiger partial charge in [0.1, 0.15) is 0 Å². The quantitative estimate of drug-likeness (QED) is 0.694. The molecule has 0 spiro atoms. The number of hydrogen-bond acceptors (Lipinski definition) is 4. The summed E-state index contributed by atoms with van der Waals surface area (Å²) < 4.78 is 5.13. The summed E-state index contributed by atoms with van der Waals surface area (Å²) >= 11 is 0. The molecule has 110 valence electrons. The van der Waals surface area contributed by atoms with Crippen molar-refractivity contribution in [1.82, 2.24) is 15.5 Å². The van der Waals surface area contributed by atoms with Gasteiger partial charge in [0.05, 0.1) is 5.41 Å². The molecule has 1 saturated heterocycles. The molecule has 0 aromatic rings. The van der Waals surface area contributed by atoms with E-state index in [-0.39, 0.29) is 11.3 Å². The van der Waals surface area contributed by atoms with Gasteiger partial charge in [-0.2, -0.15) is 0 Å². The summed E-state index contributed by atoms with van der Waals surface area (Å²) in [4.78, 5) is 14.7. The number of carbonyl (C=O) groups excluding carboxylic acids is 1. The van der Waals surface area contributed by atoms with Gasteiger partial charge in [0, 0.05) is 53.0 Å². The van der Waals surface area contributed by atoms with Gasteiger partial charge in [-0.25, -0.2) is 0 Å². The fourth-order valence-electron chi connectivity index (χ4n) is 2.94. The lowest BCUT2D eigenvalue weighted by Crippen LogP contribution is -2.50. The average Bonchev–Trinajstić information content (AvgIpc) is 2.39. The molecule has 1 aliphatic heterocycles. The zero-order valence-electron chi connectivity index (χ0n) is 12.0. The Bertz CT molecular complexity index is 286. The molecular formula is C14H27N3O2. The maximum absolute atomic E-state index is 12.3. The van der Waals surface area contributed by atoms with Crippen molar-refractivity contribution in [3.8, 4) is 0 Å². The molecule has 2 fully saturated rings. The minimum atomic E-state index is -0.126. The van der Waals surface area contributed by atoms with Crippen LogP contribution in [0.15, 0.2) is 0 Å². The summed E-state index contributed by atoms with van der Waals surface area (Å²) in [5.41, 5.74) is -0.126. The van der Waals surface area contributed by atoms with E-state index in [9.17, 15) is 4.79 Å². The highest BCUT2D eigenvalue weighted by Crippen LogP contribution is 2.44. The molecule has 1 heterocycles. The normalized spacial score (nSPS) is 22.8. The third kappa shape index (κ3) is 3.91. The molecule has 0 unspecified atom stereocenters. The van der Waals surface area contributed by atoms with Gasteiger partial charge in [0.2, 0.25) is 5.91 Å². The summed E-state index contributed by atoms with van der Waals surface area (Å²) in [5, 5.41) is 6.46. The number of amides is 1.